The molecule has 0 saturated heterocycles. The van der Waals surface area contributed by atoms with Gasteiger partial charge in [0.15, 0.2) is 0 Å². The van der Waals surface area contributed by atoms with E-state index in [4.69, 9.17) is 19.3 Å². The molecule has 1 atom stereocenters. The lowest BCUT2D eigenvalue weighted by atomic mass is 9.77. The molecule has 0 radical (unpaired) electrons. The van der Waals surface area contributed by atoms with Crippen molar-refractivity contribution < 1.29 is 37.7 Å². The molecule has 1 aromatic carbocycles. The normalized spacial score (nSPS) is 18.3. The fraction of sp³-hybridized carbons (Fsp3) is 0.600. The molecule has 1 aromatic rings. The molecule has 1 unspecified atom stereocenters. The molecular weight excluding hydrogens is 494 g/mol. The topological polar surface area (TPSA) is 82.1 Å². The molecular formula is C30H42F2O6. The minimum absolute atomic E-state index is 0.0121. The molecule has 38 heavy (non-hydrogen) atoms. The van der Waals surface area contributed by atoms with Crippen LogP contribution in [0.25, 0.3) is 0 Å². The van der Waals surface area contributed by atoms with Gasteiger partial charge in [0.25, 0.3) is 0 Å². The van der Waals surface area contributed by atoms with Crippen molar-refractivity contribution in [3.8, 4) is 5.75 Å². The van der Waals surface area contributed by atoms with Crippen LogP contribution in [0.2, 0.25) is 0 Å². The predicted molar refractivity (Wildman–Crippen MR) is 142 cm³/mol. The summed E-state index contributed by atoms with van der Waals surface area (Å²) in [5.74, 6) is -2.20. The molecule has 0 spiro atoms. The highest BCUT2D eigenvalue weighted by atomic mass is 19.3. The van der Waals surface area contributed by atoms with Gasteiger partial charge in [0.2, 0.25) is 0 Å². The van der Waals surface area contributed by atoms with E-state index in [0.717, 1.165) is 31.2 Å². The van der Waals surface area contributed by atoms with E-state index < -0.39 is 30.6 Å². The van der Waals surface area contributed by atoms with Crippen molar-refractivity contribution in [3.63, 3.8) is 0 Å². The number of hydrogen-bond donors (Lipinski definition) is 1. The molecule has 1 aliphatic carbocycles. The smallest absolute Gasteiger partial charge is 0.400 e. The average molecular weight is 537 g/mol. The third-order valence-electron chi connectivity index (χ3n) is 6.96. The largest absolute Gasteiger partial charge is 0.462 e. The van der Waals surface area contributed by atoms with E-state index in [2.05, 4.69) is 20.1 Å². The Kier molecular flexibility index (Phi) is 12.9. The first-order valence-corrected chi connectivity index (χ1v) is 13.5. The number of unbranched alkanes of at least 4 members (excludes halogenated alkanes) is 2. The molecule has 0 bridgehead atoms. The Morgan fingerprint density at radius 1 is 1.03 bits per heavy atom. The maximum absolute atomic E-state index is 15.0. The Labute approximate surface area is 225 Å². The summed E-state index contributed by atoms with van der Waals surface area (Å²) >= 11 is 0. The first-order chi connectivity index (χ1) is 18.1. The van der Waals surface area contributed by atoms with Gasteiger partial charge in [0.1, 0.15) is 5.75 Å². The number of alkyl halides is 2. The Balaban J connectivity index is 1.89. The second kappa shape index (κ2) is 15.6. The van der Waals surface area contributed by atoms with Crippen LogP contribution in [0.5, 0.6) is 5.75 Å². The SMILES string of the molecule is C=C(C)C(=O)OCC(COC(=O)C(=C)CO)CC1CCC(C(F)(F)Oc2ccc(CCCCC)cc2)CC1. The van der Waals surface area contributed by atoms with Crippen LogP contribution >= 0.6 is 0 Å². The summed E-state index contributed by atoms with van der Waals surface area (Å²) in [5.41, 5.74) is 1.30. The van der Waals surface area contributed by atoms with Crippen molar-refractivity contribution in [2.24, 2.45) is 17.8 Å². The predicted octanol–water partition coefficient (Wildman–Crippen LogP) is 6.41. The Bertz CT molecular complexity index is 919. The fourth-order valence-electron chi connectivity index (χ4n) is 4.61. The monoisotopic (exact) mass is 536 g/mol. The van der Waals surface area contributed by atoms with E-state index in [-0.39, 0.29) is 41.9 Å². The highest BCUT2D eigenvalue weighted by molar-refractivity contribution is 5.88. The number of carbonyl (C=O) groups is 2. The van der Waals surface area contributed by atoms with Gasteiger partial charge in [0, 0.05) is 11.5 Å². The summed E-state index contributed by atoms with van der Waals surface area (Å²) in [6.07, 6.45) is 3.26. The number of esters is 2. The highest BCUT2D eigenvalue weighted by Gasteiger charge is 2.44. The quantitative estimate of drug-likeness (QED) is 0.149. The average Bonchev–Trinajstić information content (AvgIpc) is 2.90. The molecule has 1 saturated carbocycles. The maximum atomic E-state index is 15.0. The lowest BCUT2D eigenvalue weighted by Gasteiger charge is -2.34. The minimum atomic E-state index is -3.27. The minimum Gasteiger partial charge on any atom is -0.462 e. The van der Waals surface area contributed by atoms with Crippen LogP contribution in [-0.2, 0) is 25.5 Å². The fourth-order valence-corrected chi connectivity index (χ4v) is 4.61. The van der Waals surface area contributed by atoms with Gasteiger partial charge in [0.05, 0.1) is 31.3 Å². The first kappa shape index (κ1) is 31.5. The zero-order chi connectivity index (χ0) is 28.1. The summed E-state index contributed by atoms with van der Waals surface area (Å²) in [6.45, 7) is 10.1. The Morgan fingerprint density at radius 2 is 1.63 bits per heavy atom. The molecule has 8 heteroatoms. The second-order valence-corrected chi connectivity index (χ2v) is 10.3. The van der Waals surface area contributed by atoms with Crippen molar-refractivity contribution >= 4 is 11.9 Å². The van der Waals surface area contributed by atoms with Crippen LogP contribution in [-0.4, -0.2) is 43.0 Å². The number of benzene rings is 1. The molecule has 0 aromatic heterocycles. The molecule has 0 amide bonds. The second-order valence-electron chi connectivity index (χ2n) is 10.3. The van der Waals surface area contributed by atoms with Crippen LogP contribution in [0.1, 0.15) is 70.8 Å². The number of rotatable bonds is 16. The van der Waals surface area contributed by atoms with Crippen molar-refractivity contribution in [2.75, 3.05) is 19.8 Å². The Morgan fingerprint density at radius 3 is 2.18 bits per heavy atom. The summed E-state index contributed by atoms with van der Waals surface area (Å²) in [6, 6.07) is 6.93. The molecule has 1 N–H and O–H groups in total. The van der Waals surface area contributed by atoms with Gasteiger partial charge in [-0.2, -0.15) is 8.78 Å². The van der Waals surface area contributed by atoms with Gasteiger partial charge in [-0.05, 0) is 75.5 Å². The molecule has 1 fully saturated rings. The molecule has 1 aliphatic rings. The van der Waals surface area contributed by atoms with Gasteiger partial charge in [-0.1, -0.05) is 45.1 Å². The number of halogens is 2. The van der Waals surface area contributed by atoms with E-state index >= 15 is 0 Å². The number of hydrogen-bond acceptors (Lipinski definition) is 6. The van der Waals surface area contributed by atoms with Gasteiger partial charge < -0.3 is 19.3 Å². The number of carbonyl (C=O) groups excluding carboxylic acids is 2. The number of aryl methyl sites for hydroxylation is 1. The molecule has 6 nitrogen and oxygen atoms in total. The van der Waals surface area contributed by atoms with E-state index in [1.165, 1.54) is 6.92 Å². The molecule has 2 rings (SSSR count). The van der Waals surface area contributed by atoms with Crippen LogP contribution in [0.3, 0.4) is 0 Å². The van der Waals surface area contributed by atoms with Crippen molar-refractivity contribution in [1.82, 2.24) is 0 Å². The van der Waals surface area contributed by atoms with Crippen LogP contribution in [0.15, 0.2) is 48.6 Å². The lowest BCUT2D eigenvalue weighted by molar-refractivity contribution is -0.223. The van der Waals surface area contributed by atoms with Gasteiger partial charge in [-0.3, -0.25) is 0 Å². The van der Waals surface area contributed by atoms with E-state index in [1.54, 1.807) is 12.1 Å². The summed E-state index contributed by atoms with van der Waals surface area (Å²) in [4.78, 5) is 23.7. The van der Waals surface area contributed by atoms with Gasteiger partial charge in [-0.25, -0.2) is 9.59 Å². The number of aliphatic hydroxyl groups excluding tert-OH is 1. The van der Waals surface area contributed by atoms with Gasteiger partial charge in [-0.15, -0.1) is 0 Å². The summed E-state index contributed by atoms with van der Waals surface area (Å²) in [7, 11) is 0. The van der Waals surface area contributed by atoms with Gasteiger partial charge >= 0.3 is 18.0 Å². The standard InChI is InChI=1S/C30H42F2O6/c1-5-6-7-8-23-11-15-27(16-12-23)38-30(31,32)26-13-9-24(10-14-26)17-25(19-36-28(34)21(2)3)20-37-29(35)22(4)18-33/h11-12,15-16,24-26,33H,2,4-10,13-14,17-20H2,1,3H3. The third kappa shape index (κ3) is 10.6. The van der Waals surface area contributed by atoms with Crippen LogP contribution in [0.4, 0.5) is 8.78 Å². The summed E-state index contributed by atoms with van der Waals surface area (Å²) in [5, 5.41) is 9.05. The van der Waals surface area contributed by atoms with Crippen molar-refractivity contribution in [3.05, 3.63) is 54.1 Å². The number of aliphatic hydroxyl groups is 1. The van der Waals surface area contributed by atoms with E-state index in [9.17, 15) is 18.4 Å². The zero-order valence-corrected chi connectivity index (χ0v) is 22.7. The zero-order valence-electron chi connectivity index (χ0n) is 22.7. The van der Waals surface area contributed by atoms with E-state index in [1.807, 2.05) is 12.1 Å². The van der Waals surface area contributed by atoms with Crippen molar-refractivity contribution in [2.45, 2.75) is 77.7 Å². The highest BCUT2D eigenvalue weighted by Crippen LogP contribution is 2.41. The molecule has 0 aliphatic heterocycles. The number of ether oxygens (including phenoxy) is 3. The maximum Gasteiger partial charge on any atom is 0.400 e. The van der Waals surface area contributed by atoms with Crippen LogP contribution in [0, 0.1) is 17.8 Å². The Hall–Kier alpha value is -2.74. The van der Waals surface area contributed by atoms with Crippen LogP contribution < -0.4 is 4.74 Å². The molecule has 212 valence electrons. The molecule has 0 heterocycles. The summed E-state index contributed by atoms with van der Waals surface area (Å²) < 4.78 is 45.5. The lowest BCUT2D eigenvalue weighted by Crippen LogP contribution is -2.37. The first-order valence-electron chi connectivity index (χ1n) is 13.5. The van der Waals surface area contributed by atoms with Crippen molar-refractivity contribution in [1.29, 1.82) is 0 Å². The van der Waals surface area contributed by atoms with E-state index in [0.29, 0.717) is 32.1 Å². The third-order valence-corrected chi connectivity index (χ3v) is 6.96.